The molecule has 1 aromatic heterocycles. The topological polar surface area (TPSA) is 68.5 Å². The average molecular weight is 249 g/mol. The highest BCUT2D eigenvalue weighted by molar-refractivity contribution is 5.83. The van der Waals surface area contributed by atoms with Gasteiger partial charge in [0, 0.05) is 19.3 Å². The first kappa shape index (κ1) is 12.8. The quantitative estimate of drug-likeness (QED) is 0.860. The molecule has 0 radical (unpaired) electrons. The fourth-order valence-corrected chi connectivity index (χ4v) is 2.28. The van der Waals surface area contributed by atoms with Crippen molar-refractivity contribution in [2.75, 3.05) is 31.2 Å². The van der Waals surface area contributed by atoms with E-state index < -0.39 is 0 Å². The third kappa shape index (κ3) is 2.61. The van der Waals surface area contributed by atoms with Gasteiger partial charge in [-0.2, -0.15) is 0 Å². The molecule has 18 heavy (non-hydrogen) atoms. The van der Waals surface area contributed by atoms with E-state index in [0.717, 1.165) is 24.5 Å². The molecule has 0 aromatic carbocycles. The van der Waals surface area contributed by atoms with Crippen LogP contribution in [0.25, 0.3) is 0 Å². The zero-order chi connectivity index (χ0) is 13.0. The number of nitrogens with zero attached hydrogens (tertiary/aromatic N) is 2. The normalized spacial score (nSPS) is 17.5. The molecule has 1 unspecified atom stereocenters. The fraction of sp³-hybridized carbons (Fsp3) is 0.538. The van der Waals surface area contributed by atoms with Crippen molar-refractivity contribution in [2.24, 2.45) is 5.73 Å². The molecule has 0 spiro atoms. The van der Waals surface area contributed by atoms with E-state index >= 15 is 0 Å². The van der Waals surface area contributed by atoms with Gasteiger partial charge in [0.1, 0.15) is 0 Å². The van der Waals surface area contributed by atoms with Crippen molar-refractivity contribution in [1.82, 2.24) is 4.98 Å². The van der Waals surface area contributed by atoms with Gasteiger partial charge in [-0.1, -0.05) is 6.92 Å². The lowest BCUT2D eigenvalue weighted by atomic mass is 9.99. The van der Waals surface area contributed by atoms with Crippen LogP contribution in [0.3, 0.4) is 0 Å². The highest BCUT2D eigenvalue weighted by Crippen LogP contribution is 2.28. The van der Waals surface area contributed by atoms with Gasteiger partial charge < -0.3 is 15.4 Å². The molecule has 2 N–H and O–H groups in total. The first-order valence-electron chi connectivity index (χ1n) is 6.31. The Balaban J connectivity index is 2.31. The summed E-state index contributed by atoms with van der Waals surface area (Å²) in [6, 6.07) is 3.89. The number of ether oxygens (including phenoxy) is 1. The van der Waals surface area contributed by atoms with Crippen molar-refractivity contribution >= 4 is 11.6 Å². The lowest BCUT2D eigenvalue weighted by Gasteiger charge is -2.31. The van der Waals surface area contributed by atoms with E-state index in [2.05, 4.69) is 9.88 Å². The van der Waals surface area contributed by atoms with Gasteiger partial charge in [0.05, 0.1) is 30.5 Å². The number of amides is 1. The third-order valence-corrected chi connectivity index (χ3v) is 3.25. The van der Waals surface area contributed by atoms with Crippen LogP contribution in [0.15, 0.2) is 18.3 Å². The molecule has 0 aliphatic carbocycles. The van der Waals surface area contributed by atoms with Gasteiger partial charge in [0.2, 0.25) is 5.91 Å². The highest BCUT2D eigenvalue weighted by Gasteiger charge is 2.23. The number of carbonyl (C=O) groups excluding carboxylic acids is 1. The number of nitrogens with two attached hydrogens (primary N) is 1. The number of primary amides is 1. The van der Waals surface area contributed by atoms with Crippen LogP contribution in [-0.2, 0) is 9.53 Å². The summed E-state index contributed by atoms with van der Waals surface area (Å²) < 4.78 is 5.34. The minimum absolute atomic E-state index is 0.314. The van der Waals surface area contributed by atoms with E-state index in [1.165, 1.54) is 0 Å². The Labute approximate surface area is 107 Å². The molecular weight excluding hydrogens is 230 g/mol. The summed E-state index contributed by atoms with van der Waals surface area (Å²) in [5.74, 6) is -0.630. The second kappa shape index (κ2) is 5.82. The van der Waals surface area contributed by atoms with E-state index in [-0.39, 0.29) is 11.8 Å². The largest absolute Gasteiger partial charge is 0.378 e. The summed E-state index contributed by atoms with van der Waals surface area (Å²) in [5.41, 5.74) is 7.25. The molecule has 1 saturated heterocycles. The SMILES string of the molecule is CCC(C(N)=O)c1ncccc1N1CCOCC1. The molecule has 1 amide bonds. The summed E-state index contributed by atoms with van der Waals surface area (Å²) in [5, 5.41) is 0. The predicted molar refractivity (Wildman–Crippen MR) is 69.5 cm³/mol. The minimum Gasteiger partial charge on any atom is -0.378 e. The van der Waals surface area contributed by atoms with Gasteiger partial charge in [-0.05, 0) is 18.6 Å². The average Bonchev–Trinajstić information content (AvgIpc) is 2.41. The first-order valence-corrected chi connectivity index (χ1v) is 6.31. The van der Waals surface area contributed by atoms with Crippen molar-refractivity contribution in [1.29, 1.82) is 0 Å². The minimum atomic E-state index is -0.316. The molecule has 1 aliphatic rings. The predicted octanol–water partition coefficient (Wildman–Crippen LogP) is 0.897. The van der Waals surface area contributed by atoms with Crippen LogP contribution < -0.4 is 10.6 Å². The van der Waals surface area contributed by atoms with Crippen LogP contribution in [-0.4, -0.2) is 37.2 Å². The van der Waals surface area contributed by atoms with Gasteiger partial charge >= 0.3 is 0 Å². The van der Waals surface area contributed by atoms with Gasteiger partial charge in [-0.15, -0.1) is 0 Å². The van der Waals surface area contributed by atoms with Crippen LogP contribution in [0.5, 0.6) is 0 Å². The van der Waals surface area contributed by atoms with Gasteiger partial charge in [-0.25, -0.2) is 0 Å². The molecule has 98 valence electrons. The Kier molecular flexibility index (Phi) is 4.15. The monoisotopic (exact) mass is 249 g/mol. The Bertz CT molecular complexity index is 416. The fourth-order valence-electron chi connectivity index (χ4n) is 2.28. The van der Waals surface area contributed by atoms with Crippen LogP contribution >= 0.6 is 0 Å². The lowest BCUT2D eigenvalue weighted by molar-refractivity contribution is -0.119. The number of anilines is 1. The maximum Gasteiger partial charge on any atom is 0.226 e. The molecular formula is C13H19N3O2. The van der Waals surface area contributed by atoms with Crippen molar-refractivity contribution in [3.63, 3.8) is 0 Å². The molecule has 5 nitrogen and oxygen atoms in total. The Morgan fingerprint density at radius 1 is 1.56 bits per heavy atom. The number of rotatable bonds is 4. The maximum absolute atomic E-state index is 11.5. The number of hydrogen-bond acceptors (Lipinski definition) is 4. The molecule has 1 fully saturated rings. The van der Waals surface area contributed by atoms with Gasteiger partial charge in [0.25, 0.3) is 0 Å². The summed E-state index contributed by atoms with van der Waals surface area (Å²) in [6.07, 6.45) is 2.38. The van der Waals surface area contributed by atoms with Crippen LogP contribution in [0.1, 0.15) is 25.0 Å². The zero-order valence-corrected chi connectivity index (χ0v) is 10.6. The summed E-state index contributed by atoms with van der Waals surface area (Å²) in [7, 11) is 0. The smallest absolute Gasteiger partial charge is 0.226 e. The van der Waals surface area contributed by atoms with E-state index in [1.54, 1.807) is 6.20 Å². The van der Waals surface area contributed by atoms with E-state index in [1.807, 2.05) is 19.1 Å². The second-order valence-electron chi connectivity index (χ2n) is 4.37. The lowest BCUT2D eigenvalue weighted by Crippen LogP contribution is -2.37. The van der Waals surface area contributed by atoms with Crippen LogP contribution in [0.2, 0.25) is 0 Å². The number of morpholine rings is 1. The molecule has 1 aromatic rings. The first-order chi connectivity index (χ1) is 8.74. The summed E-state index contributed by atoms with van der Waals surface area (Å²) in [6.45, 7) is 5.03. The van der Waals surface area contributed by atoms with E-state index in [9.17, 15) is 4.79 Å². The Morgan fingerprint density at radius 2 is 2.28 bits per heavy atom. The number of aromatic nitrogens is 1. The molecule has 5 heteroatoms. The molecule has 0 bridgehead atoms. The Morgan fingerprint density at radius 3 is 2.89 bits per heavy atom. The standard InChI is InChI=1S/C13H19N3O2/c1-2-10(13(14)17)12-11(4-3-5-15-12)16-6-8-18-9-7-16/h3-5,10H,2,6-9H2,1H3,(H2,14,17). The number of carbonyl (C=O) groups is 1. The number of pyridine rings is 1. The molecule has 2 rings (SSSR count). The number of hydrogen-bond donors (Lipinski definition) is 1. The Hall–Kier alpha value is -1.62. The third-order valence-electron chi connectivity index (χ3n) is 3.25. The van der Waals surface area contributed by atoms with Gasteiger partial charge in [0.15, 0.2) is 0 Å². The van der Waals surface area contributed by atoms with Crippen molar-refractivity contribution < 1.29 is 9.53 Å². The van der Waals surface area contributed by atoms with E-state index in [4.69, 9.17) is 10.5 Å². The zero-order valence-electron chi connectivity index (χ0n) is 10.6. The summed E-state index contributed by atoms with van der Waals surface area (Å²) in [4.78, 5) is 18.1. The molecule has 0 saturated carbocycles. The van der Waals surface area contributed by atoms with Gasteiger partial charge in [-0.3, -0.25) is 9.78 Å². The second-order valence-corrected chi connectivity index (χ2v) is 4.37. The molecule has 1 aliphatic heterocycles. The maximum atomic E-state index is 11.5. The van der Waals surface area contributed by atoms with Crippen LogP contribution in [0, 0.1) is 0 Å². The molecule has 1 atom stereocenters. The van der Waals surface area contributed by atoms with Crippen molar-refractivity contribution in [3.05, 3.63) is 24.0 Å². The van der Waals surface area contributed by atoms with E-state index in [0.29, 0.717) is 19.6 Å². The molecule has 2 heterocycles. The van der Waals surface area contributed by atoms with Crippen LogP contribution in [0.4, 0.5) is 5.69 Å². The summed E-state index contributed by atoms with van der Waals surface area (Å²) >= 11 is 0. The van der Waals surface area contributed by atoms with Crippen molar-refractivity contribution in [2.45, 2.75) is 19.3 Å². The highest BCUT2D eigenvalue weighted by atomic mass is 16.5. The van der Waals surface area contributed by atoms with Crippen molar-refractivity contribution in [3.8, 4) is 0 Å².